The van der Waals surface area contributed by atoms with Gasteiger partial charge in [0.2, 0.25) is 0 Å². The average Bonchev–Trinajstić information content (AvgIpc) is 2.20. The Hall–Kier alpha value is -0.265. The zero-order valence-corrected chi connectivity index (χ0v) is 9.93. The molecule has 1 rings (SSSR count). The molecule has 0 atom stereocenters. The number of halogens is 1. The molecule has 0 bridgehead atoms. The number of aliphatic imine (C=N–C) groups is 1. The number of hydrogen-bond donors (Lipinski definition) is 1. The Kier molecular flexibility index (Phi) is 10.1. The molecule has 88 valence electrons. The Morgan fingerprint density at radius 3 is 2.60 bits per heavy atom. The lowest BCUT2D eigenvalue weighted by atomic mass is 10.3. The van der Waals surface area contributed by atoms with Crippen LogP contribution < -0.4 is 0 Å². The van der Waals surface area contributed by atoms with E-state index in [4.69, 9.17) is 9.76 Å². The predicted octanol–water partition coefficient (Wildman–Crippen LogP) is 1.14. The van der Waals surface area contributed by atoms with E-state index in [-0.39, 0.29) is 6.61 Å². The van der Waals surface area contributed by atoms with E-state index in [1.807, 2.05) is 18.7 Å². The van der Waals surface area contributed by atoms with Crippen LogP contribution in [0.15, 0.2) is 4.99 Å². The van der Waals surface area contributed by atoms with Gasteiger partial charge >= 0.3 is 7.40 Å². The lowest BCUT2D eigenvalue weighted by Gasteiger charge is -2.10. The maximum atomic E-state index is 11.0. The highest BCUT2D eigenvalue weighted by molar-refractivity contribution is 8.00. The molecule has 4 nitrogen and oxygen atoms in total. The summed E-state index contributed by atoms with van der Waals surface area (Å²) in [5.41, 5.74) is 0. The second-order valence-corrected chi connectivity index (χ2v) is 3.61. The van der Waals surface area contributed by atoms with Crippen LogP contribution in [0.25, 0.3) is 0 Å². The molecule has 0 aromatic carbocycles. The topological polar surface area (TPSA) is 51.0 Å². The van der Waals surface area contributed by atoms with E-state index in [1.165, 1.54) is 0 Å². The van der Waals surface area contributed by atoms with E-state index in [9.17, 15) is 4.32 Å². The first-order chi connectivity index (χ1) is 7.20. The molecule has 0 saturated carbocycles. The Morgan fingerprint density at radius 1 is 1.53 bits per heavy atom. The van der Waals surface area contributed by atoms with Crippen molar-refractivity contribution >= 4 is 25.1 Å². The quantitative estimate of drug-likeness (QED) is 0.748. The third-order valence-electron chi connectivity index (χ3n) is 1.36. The molecular formula is C8H17BFNO3S. The first-order valence-corrected chi connectivity index (χ1v) is 6.03. The molecule has 1 aliphatic heterocycles. The van der Waals surface area contributed by atoms with E-state index in [0.717, 1.165) is 30.6 Å². The van der Waals surface area contributed by atoms with Gasteiger partial charge in [0.1, 0.15) is 0 Å². The Balaban J connectivity index is 0.000000288. The third-order valence-corrected chi connectivity index (χ3v) is 2.29. The number of hydrogen-bond acceptors (Lipinski definition) is 5. The molecule has 0 saturated heterocycles. The van der Waals surface area contributed by atoms with Crippen LogP contribution in [0, 0.1) is 0 Å². The predicted molar refractivity (Wildman–Crippen MR) is 62.0 cm³/mol. The second kappa shape index (κ2) is 10.3. The maximum absolute atomic E-state index is 11.0. The van der Waals surface area contributed by atoms with Gasteiger partial charge in [0.05, 0.1) is 18.9 Å². The molecule has 0 aliphatic carbocycles. The third kappa shape index (κ3) is 10.0. The first-order valence-electron chi connectivity index (χ1n) is 4.88. The monoisotopic (exact) mass is 237 g/mol. The molecule has 15 heavy (non-hydrogen) atoms. The van der Waals surface area contributed by atoms with Gasteiger partial charge in [-0.3, -0.25) is 9.31 Å². The van der Waals surface area contributed by atoms with Gasteiger partial charge in [0.25, 0.3) is 0 Å². The molecule has 0 spiro atoms. The van der Waals surface area contributed by atoms with Crippen LogP contribution in [0.2, 0.25) is 0 Å². The van der Waals surface area contributed by atoms with Gasteiger partial charge < -0.3 is 14.4 Å². The van der Waals surface area contributed by atoms with Crippen molar-refractivity contribution in [3.63, 3.8) is 0 Å². The van der Waals surface area contributed by atoms with Gasteiger partial charge in [-0.05, 0) is 13.8 Å². The maximum Gasteiger partial charge on any atom is 0.677 e. The van der Waals surface area contributed by atoms with Crippen molar-refractivity contribution in [2.75, 3.05) is 31.3 Å². The summed E-state index contributed by atoms with van der Waals surface area (Å²) < 4.78 is 20.2. The van der Waals surface area contributed by atoms with Crippen LogP contribution in [0.5, 0.6) is 0 Å². The van der Waals surface area contributed by atoms with Gasteiger partial charge in [-0.2, -0.15) is 11.8 Å². The molecule has 0 radical (unpaired) electrons. The van der Waals surface area contributed by atoms with E-state index in [2.05, 4.69) is 9.65 Å². The Bertz CT molecular complexity index is 183. The molecule has 7 heteroatoms. The molecule has 1 heterocycles. The van der Waals surface area contributed by atoms with Crippen LogP contribution in [0.1, 0.15) is 13.8 Å². The van der Waals surface area contributed by atoms with E-state index >= 15 is 0 Å². The standard InChI is InChI=1S/C6H11NOS.C2H6BFO2/c1-2-8-6-5-9-4-3-7-6;1-2-6-3(4)5/h2-5H2,1H3;5H,2H2,1H3. The number of nitrogens with zero attached hydrogens (tertiary/aromatic N) is 1. The van der Waals surface area contributed by atoms with Gasteiger partial charge in [0, 0.05) is 12.4 Å². The second-order valence-electron chi connectivity index (χ2n) is 2.51. The van der Waals surface area contributed by atoms with Crippen molar-refractivity contribution in [3.05, 3.63) is 0 Å². The minimum Gasteiger partial charge on any atom is -0.481 e. The van der Waals surface area contributed by atoms with Gasteiger partial charge in [-0.25, -0.2) is 0 Å². The summed E-state index contributed by atoms with van der Waals surface area (Å²) in [5, 5.41) is 7.66. The Labute approximate surface area is 94.4 Å². The van der Waals surface area contributed by atoms with Crippen molar-refractivity contribution < 1.29 is 18.7 Å². The van der Waals surface area contributed by atoms with Crippen LogP contribution in [-0.4, -0.2) is 49.6 Å². The summed E-state index contributed by atoms with van der Waals surface area (Å²) >= 11 is 1.89. The highest BCUT2D eigenvalue weighted by atomic mass is 32.2. The zero-order chi connectivity index (χ0) is 11.5. The number of rotatable bonds is 3. The number of thioether (sulfide) groups is 1. The smallest absolute Gasteiger partial charge is 0.481 e. The summed E-state index contributed by atoms with van der Waals surface area (Å²) in [4.78, 5) is 4.19. The van der Waals surface area contributed by atoms with Gasteiger partial charge in [0.15, 0.2) is 5.90 Å². The average molecular weight is 237 g/mol. The first kappa shape index (κ1) is 14.7. The van der Waals surface area contributed by atoms with E-state index < -0.39 is 7.40 Å². The number of ether oxygens (including phenoxy) is 1. The summed E-state index contributed by atoms with van der Waals surface area (Å²) in [6, 6.07) is 0. The molecular weight excluding hydrogens is 220 g/mol. The van der Waals surface area contributed by atoms with Gasteiger partial charge in [-0.1, -0.05) is 0 Å². The molecule has 1 N–H and O–H groups in total. The summed E-state index contributed by atoms with van der Waals surface area (Å²) in [6.45, 7) is 5.47. The van der Waals surface area contributed by atoms with Crippen LogP contribution in [0.4, 0.5) is 4.32 Å². The molecule has 0 aromatic rings. The highest BCUT2D eigenvalue weighted by Gasteiger charge is 2.07. The molecule has 0 fully saturated rings. The molecule has 0 amide bonds. The van der Waals surface area contributed by atoms with Crippen molar-refractivity contribution in [3.8, 4) is 0 Å². The van der Waals surface area contributed by atoms with Gasteiger partial charge in [-0.15, -0.1) is 0 Å². The van der Waals surface area contributed by atoms with Crippen LogP contribution in [-0.2, 0) is 9.39 Å². The zero-order valence-electron chi connectivity index (χ0n) is 9.11. The molecule has 0 unspecified atom stereocenters. The minimum atomic E-state index is -2.10. The SMILES string of the molecule is CCOB(O)F.CCOC1=NCCSC1. The van der Waals surface area contributed by atoms with Crippen molar-refractivity contribution in [1.82, 2.24) is 0 Å². The normalized spacial score (nSPS) is 14.8. The summed E-state index contributed by atoms with van der Waals surface area (Å²) in [6.07, 6.45) is 0. The summed E-state index contributed by atoms with van der Waals surface area (Å²) in [7, 11) is -2.10. The Morgan fingerprint density at radius 2 is 2.27 bits per heavy atom. The minimum absolute atomic E-state index is 0.206. The fraction of sp³-hybridized carbons (Fsp3) is 0.875. The molecule has 0 aromatic heterocycles. The fourth-order valence-electron chi connectivity index (χ4n) is 0.831. The summed E-state index contributed by atoms with van der Waals surface area (Å²) in [5.74, 6) is 3.04. The van der Waals surface area contributed by atoms with E-state index in [1.54, 1.807) is 6.92 Å². The highest BCUT2D eigenvalue weighted by Crippen LogP contribution is 2.06. The van der Waals surface area contributed by atoms with Crippen molar-refractivity contribution in [2.24, 2.45) is 4.99 Å². The van der Waals surface area contributed by atoms with Crippen LogP contribution >= 0.6 is 11.8 Å². The lowest BCUT2D eigenvalue weighted by Crippen LogP contribution is -2.13. The largest absolute Gasteiger partial charge is 0.677 e. The van der Waals surface area contributed by atoms with E-state index in [0.29, 0.717) is 0 Å². The van der Waals surface area contributed by atoms with Crippen molar-refractivity contribution in [2.45, 2.75) is 13.8 Å². The lowest BCUT2D eigenvalue weighted by molar-refractivity contribution is 0.234. The fourth-order valence-corrected chi connectivity index (χ4v) is 1.55. The molecule has 1 aliphatic rings. The van der Waals surface area contributed by atoms with Crippen LogP contribution in [0.3, 0.4) is 0 Å². The van der Waals surface area contributed by atoms with Crippen molar-refractivity contribution in [1.29, 1.82) is 0 Å².